The average Bonchev–Trinajstić information content (AvgIpc) is 2.59. The fraction of sp³-hybridized carbons (Fsp3) is 0.438. The first-order valence-electron chi connectivity index (χ1n) is 7.47. The second-order valence-electron chi connectivity index (χ2n) is 5.31. The molecule has 23 heavy (non-hydrogen) atoms. The summed E-state index contributed by atoms with van der Waals surface area (Å²) in [7, 11) is 1.33. The van der Waals surface area contributed by atoms with Crippen LogP contribution in [0.15, 0.2) is 24.3 Å². The molecule has 1 aliphatic rings. The molecular weight excluding hydrogens is 298 g/mol. The van der Waals surface area contributed by atoms with Crippen LogP contribution in [0.4, 0.5) is 5.69 Å². The highest BCUT2D eigenvalue weighted by molar-refractivity contribution is 5.89. The lowest BCUT2D eigenvalue weighted by Crippen LogP contribution is -2.51. The van der Waals surface area contributed by atoms with Crippen molar-refractivity contribution in [3.63, 3.8) is 0 Å². The van der Waals surface area contributed by atoms with E-state index in [0.29, 0.717) is 31.7 Å². The summed E-state index contributed by atoms with van der Waals surface area (Å²) >= 11 is 0. The first-order chi connectivity index (χ1) is 11.0. The first kappa shape index (κ1) is 16.8. The van der Waals surface area contributed by atoms with Gasteiger partial charge >= 0.3 is 5.97 Å². The molecule has 7 heteroatoms. The number of benzene rings is 1. The van der Waals surface area contributed by atoms with E-state index in [1.54, 1.807) is 34.1 Å². The molecule has 0 unspecified atom stereocenters. The second-order valence-corrected chi connectivity index (χ2v) is 5.31. The molecule has 1 heterocycles. The lowest BCUT2D eigenvalue weighted by Gasteiger charge is -2.34. The minimum atomic E-state index is -0.393. The number of anilines is 1. The number of nitrogens with one attached hydrogen (secondary N) is 1. The topological polar surface area (TPSA) is 79.0 Å². The van der Waals surface area contributed by atoms with Crippen molar-refractivity contribution in [2.24, 2.45) is 0 Å². The van der Waals surface area contributed by atoms with Gasteiger partial charge < -0.3 is 19.9 Å². The van der Waals surface area contributed by atoms with E-state index in [1.165, 1.54) is 14.0 Å². The van der Waals surface area contributed by atoms with Gasteiger partial charge in [0.25, 0.3) is 0 Å². The Kier molecular flexibility index (Phi) is 5.56. The van der Waals surface area contributed by atoms with Crippen molar-refractivity contribution >= 4 is 23.5 Å². The number of carbonyl (C=O) groups is 3. The quantitative estimate of drug-likeness (QED) is 0.821. The van der Waals surface area contributed by atoms with E-state index >= 15 is 0 Å². The van der Waals surface area contributed by atoms with Gasteiger partial charge in [-0.25, -0.2) is 4.79 Å². The Hall–Kier alpha value is -2.57. The third-order valence-corrected chi connectivity index (χ3v) is 3.83. The molecular formula is C16H21N3O4. The van der Waals surface area contributed by atoms with Crippen LogP contribution in [0.3, 0.4) is 0 Å². The number of esters is 1. The summed E-state index contributed by atoms with van der Waals surface area (Å²) in [6, 6.07) is 6.75. The van der Waals surface area contributed by atoms with Crippen LogP contribution in [0.25, 0.3) is 0 Å². The molecule has 124 valence electrons. The fourth-order valence-corrected chi connectivity index (χ4v) is 2.40. The van der Waals surface area contributed by atoms with Crippen molar-refractivity contribution in [1.29, 1.82) is 0 Å². The molecule has 1 aromatic rings. The standard InChI is InChI=1S/C16H21N3O4/c1-12(20)18-7-9-19(10-8-18)15(21)11-17-14-5-3-13(4-6-14)16(22)23-2/h3-6,17H,7-11H2,1-2H3. The van der Waals surface area contributed by atoms with E-state index in [-0.39, 0.29) is 18.4 Å². The molecule has 1 fully saturated rings. The number of ether oxygens (including phenoxy) is 1. The van der Waals surface area contributed by atoms with Gasteiger partial charge in [-0.15, -0.1) is 0 Å². The van der Waals surface area contributed by atoms with Gasteiger partial charge in [0.05, 0.1) is 19.2 Å². The summed E-state index contributed by atoms with van der Waals surface area (Å²) in [4.78, 5) is 38.2. The number of amides is 2. The summed E-state index contributed by atoms with van der Waals surface area (Å²) in [5, 5.41) is 3.04. The lowest BCUT2D eigenvalue weighted by molar-refractivity contribution is -0.137. The summed E-state index contributed by atoms with van der Waals surface area (Å²) in [5.41, 5.74) is 1.22. The van der Waals surface area contributed by atoms with Gasteiger partial charge in [0, 0.05) is 38.8 Å². The Balaban J connectivity index is 1.80. The van der Waals surface area contributed by atoms with Crippen LogP contribution in [0.1, 0.15) is 17.3 Å². The molecule has 0 saturated carbocycles. The van der Waals surface area contributed by atoms with Gasteiger partial charge in [-0.3, -0.25) is 9.59 Å². The zero-order chi connectivity index (χ0) is 16.8. The zero-order valence-electron chi connectivity index (χ0n) is 13.4. The van der Waals surface area contributed by atoms with Crippen LogP contribution in [0, 0.1) is 0 Å². The Morgan fingerprint density at radius 3 is 2.13 bits per heavy atom. The molecule has 0 bridgehead atoms. The van der Waals surface area contributed by atoms with E-state index in [1.807, 2.05) is 0 Å². The third-order valence-electron chi connectivity index (χ3n) is 3.83. The van der Waals surface area contributed by atoms with Gasteiger partial charge in [0.2, 0.25) is 11.8 Å². The zero-order valence-corrected chi connectivity index (χ0v) is 13.4. The maximum Gasteiger partial charge on any atom is 0.337 e. The summed E-state index contributed by atoms with van der Waals surface area (Å²) in [5.74, 6) is -0.359. The highest BCUT2D eigenvalue weighted by Gasteiger charge is 2.21. The summed E-state index contributed by atoms with van der Waals surface area (Å²) in [6.07, 6.45) is 0. The summed E-state index contributed by atoms with van der Waals surface area (Å²) < 4.78 is 4.63. The minimum Gasteiger partial charge on any atom is -0.465 e. The maximum atomic E-state index is 12.2. The van der Waals surface area contributed by atoms with Crippen molar-refractivity contribution in [3.8, 4) is 0 Å². The molecule has 2 amide bonds. The molecule has 0 aliphatic carbocycles. The number of hydrogen-bond acceptors (Lipinski definition) is 5. The van der Waals surface area contributed by atoms with Gasteiger partial charge in [-0.05, 0) is 24.3 Å². The SMILES string of the molecule is COC(=O)c1ccc(NCC(=O)N2CCN(C(C)=O)CC2)cc1. The van der Waals surface area contributed by atoms with E-state index in [9.17, 15) is 14.4 Å². The van der Waals surface area contributed by atoms with Crippen molar-refractivity contribution in [2.45, 2.75) is 6.92 Å². The number of piperazine rings is 1. The summed E-state index contributed by atoms with van der Waals surface area (Å²) in [6.45, 7) is 3.99. The molecule has 2 rings (SSSR count). The Labute approximate surface area is 135 Å². The largest absolute Gasteiger partial charge is 0.465 e. The predicted molar refractivity (Wildman–Crippen MR) is 85.1 cm³/mol. The van der Waals surface area contributed by atoms with Gasteiger partial charge in [-0.1, -0.05) is 0 Å². The van der Waals surface area contributed by atoms with Crippen LogP contribution in [0.2, 0.25) is 0 Å². The molecule has 1 aromatic carbocycles. The van der Waals surface area contributed by atoms with Crippen LogP contribution >= 0.6 is 0 Å². The van der Waals surface area contributed by atoms with Crippen LogP contribution < -0.4 is 5.32 Å². The molecule has 0 aromatic heterocycles. The number of rotatable bonds is 4. The molecule has 7 nitrogen and oxygen atoms in total. The van der Waals surface area contributed by atoms with Gasteiger partial charge in [0.1, 0.15) is 0 Å². The van der Waals surface area contributed by atoms with Crippen molar-refractivity contribution in [1.82, 2.24) is 9.80 Å². The normalized spacial score (nSPS) is 14.3. The monoisotopic (exact) mass is 319 g/mol. The number of methoxy groups -OCH3 is 1. The van der Waals surface area contributed by atoms with E-state index in [2.05, 4.69) is 10.1 Å². The second kappa shape index (κ2) is 7.62. The van der Waals surface area contributed by atoms with E-state index in [0.717, 1.165) is 5.69 Å². The predicted octanol–water partition coefficient (Wildman–Crippen LogP) is 0.576. The van der Waals surface area contributed by atoms with E-state index in [4.69, 9.17) is 0 Å². The molecule has 1 saturated heterocycles. The Bertz CT molecular complexity index is 577. The van der Waals surface area contributed by atoms with Crippen LogP contribution in [-0.2, 0) is 14.3 Å². The third kappa shape index (κ3) is 4.45. The first-order valence-corrected chi connectivity index (χ1v) is 7.47. The van der Waals surface area contributed by atoms with Crippen LogP contribution in [-0.4, -0.2) is 67.4 Å². The van der Waals surface area contributed by atoms with Crippen LogP contribution in [0.5, 0.6) is 0 Å². The lowest BCUT2D eigenvalue weighted by atomic mass is 10.2. The van der Waals surface area contributed by atoms with Crippen molar-refractivity contribution in [3.05, 3.63) is 29.8 Å². The minimum absolute atomic E-state index is 0.00903. The Morgan fingerprint density at radius 1 is 1.04 bits per heavy atom. The Morgan fingerprint density at radius 2 is 1.61 bits per heavy atom. The van der Waals surface area contributed by atoms with Gasteiger partial charge in [-0.2, -0.15) is 0 Å². The van der Waals surface area contributed by atoms with Crippen molar-refractivity contribution in [2.75, 3.05) is 45.2 Å². The number of hydrogen-bond donors (Lipinski definition) is 1. The van der Waals surface area contributed by atoms with E-state index < -0.39 is 5.97 Å². The highest BCUT2D eigenvalue weighted by atomic mass is 16.5. The fourth-order valence-electron chi connectivity index (χ4n) is 2.40. The molecule has 0 atom stereocenters. The highest BCUT2D eigenvalue weighted by Crippen LogP contribution is 2.10. The number of nitrogens with zero attached hydrogens (tertiary/aromatic N) is 2. The molecule has 0 spiro atoms. The molecule has 0 radical (unpaired) electrons. The maximum absolute atomic E-state index is 12.2. The number of carbonyl (C=O) groups excluding carboxylic acids is 3. The van der Waals surface area contributed by atoms with Gasteiger partial charge in [0.15, 0.2) is 0 Å². The molecule has 1 aliphatic heterocycles. The molecule has 1 N–H and O–H groups in total. The van der Waals surface area contributed by atoms with Crippen molar-refractivity contribution < 1.29 is 19.1 Å². The average molecular weight is 319 g/mol. The smallest absolute Gasteiger partial charge is 0.337 e.